The van der Waals surface area contributed by atoms with E-state index >= 15 is 0 Å². The Kier molecular flexibility index (Phi) is 4.21. The lowest BCUT2D eigenvalue weighted by Gasteiger charge is -2.21. The highest BCUT2D eigenvalue weighted by Crippen LogP contribution is 2.21. The van der Waals surface area contributed by atoms with Crippen LogP contribution in [0.5, 0.6) is 0 Å². The zero-order valence-corrected chi connectivity index (χ0v) is 11.5. The van der Waals surface area contributed by atoms with Crippen LogP contribution in [0.1, 0.15) is 16.7 Å². The Morgan fingerprint density at radius 2 is 2.11 bits per heavy atom. The highest BCUT2D eigenvalue weighted by atomic mass is 35.5. The van der Waals surface area contributed by atoms with Crippen LogP contribution in [-0.2, 0) is 12.4 Å². The number of anilines is 1. The summed E-state index contributed by atoms with van der Waals surface area (Å²) in [5, 5.41) is 0. The molecular formula is C15H17ClN2. The quantitative estimate of drug-likeness (QED) is 0.778. The van der Waals surface area contributed by atoms with Gasteiger partial charge < -0.3 is 4.90 Å². The second-order valence-corrected chi connectivity index (χ2v) is 4.75. The Morgan fingerprint density at radius 1 is 1.28 bits per heavy atom. The molecule has 0 saturated carbocycles. The van der Waals surface area contributed by atoms with Gasteiger partial charge in [0.15, 0.2) is 0 Å². The van der Waals surface area contributed by atoms with E-state index in [9.17, 15) is 0 Å². The summed E-state index contributed by atoms with van der Waals surface area (Å²) in [6.45, 7) is 2.98. The predicted octanol–water partition coefficient (Wildman–Crippen LogP) is 3.77. The number of hydrogen-bond donors (Lipinski definition) is 0. The number of benzene rings is 1. The summed E-state index contributed by atoms with van der Waals surface area (Å²) < 4.78 is 0. The van der Waals surface area contributed by atoms with Gasteiger partial charge in [-0.2, -0.15) is 0 Å². The third kappa shape index (κ3) is 3.02. The number of halogens is 1. The second-order valence-electron chi connectivity index (χ2n) is 4.48. The molecule has 0 bridgehead atoms. The molecule has 0 N–H and O–H groups in total. The van der Waals surface area contributed by atoms with Crippen molar-refractivity contribution in [2.45, 2.75) is 19.3 Å². The monoisotopic (exact) mass is 260 g/mol. The molecule has 0 spiro atoms. The molecule has 0 atom stereocenters. The largest absolute Gasteiger partial charge is 0.370 e. The summed E-state index contributed by atoms with van der Waals surface area (Å²) in [5.41, 5.74) is 4.79. The first-order chi connectivity index (χ1) is 8.70. The van der Waals surface area contributed by atoms with Crippen LogP contribution in [0.3, 0.4) is 0 Å². The van der Waals surface area contributed by atoms with Crippen molar-refractivity contribution >= 4 is 17.3 Å². The topological polar surface area (TPSA) is 16.1 Å². The average molecular weight is 261 g/mol. The molecular weight excluding hydrogens is 244 g/mol. The second kappa shape index (κ2) is 5.87. The number of hydrogen-bond acceptors (Lipinski definition) is 2. The van der Waals surface area contributed by atoms with Crippen LogP contribution in [0.2, 0.25) is 0 Å². The minimum absolute atomic E-state index is 0.487. The zero-order chi connectivity index (χ0) is 13.0. The molecule has 1 heterocycles. The summed E-state index contributed by atoms with van der Waals surface area (Å²) in [6.07, 6.45) is 3.63. The number of alkyl halides is 1. The molecule has 1 aromatic heterocycles. The summed E-state index contributed by atoms with van der Waals surface area (Å²) in [5.74, 6) is 0.487. The van der Waals surface area contributed by atoms with E-state index in [1.807, 2.05) is 12.3 Å². The van der Waals surface area contributed by atoms with E-state index in [1.165, 1.54) is 11.1 Å². The lowest BCUT2D eigenvalue weighted by molar-refractivity contribution is 0.911. The van der Waals surface area contributed by atoms with E-state index in [0.29, 0.717) is 5.88 Å². The molecule has 2 aromatic rings. The van der Waals surface area contributed by atoms with Gasteiger partial charge in [-0.1, -0.05) is 29.8 Å². The molecule has 0 fully saturated rings. The average Bonchev–Trinajstić information content (AvgIpc) is 2.38. The van der Waals surface area contributed by atoms with Gasteiger partial charge in [-0.05, 0) is 18.6 Å². The van der Waals surface area contributed by atoms with Gasteiger partial charge >= 0.3 is 0 Å². The molecule has 0 unspecified atom stereocenters. The number of pyridine rings is 1. The van der Waals surface area contributed by atoms with E-state index in [-0.39, 0.29) is 0 Å². The van der Waals surface area contributed by atoms with Crippen molar-refractivity contribution in [3.05, 3.63) is 59.4 Å². The maximum atomic E-state index is 5.94. The Labute approximate surface area is 113 Å². The van der Waals surface area contributed by atoms with Crippen molar-refractivity contribution in [3.8, 4) is 0 Å². The van der Waals surface area contributed by atoms with Gasteiger partial charge in [-0.25, -0.2) is 0 Å². The van der Waals surface area contributed by atoms with E-state index < -0.39 is 0 Å². The molecule has 2 nitrogen and oxygen atoms in total. The maximum Gasteiger partial charge on any atom is 0.0509 e. The first-order valence-corrected chi connectivity index (χ1v) is 6.49. The lowest BCUT2D eigenvalue weighted by atomic mass is 10.1. The van der Waals surface area contributed by atoms with Crippen LogP contribution in [-0.4, -0.2) is 12.0 Å². The third-order valence-corrected chi connectivity index (χ3v) is 3.22. The Morgan fingerprint density at radius 3 is 2.83 bits per heavy atom. The first kappa shape index (κ1) is 12.9. The molecule has 2 rings (SSSR count). The fourth-order valence-electron chi connectivity index (χ4n) is 2.06. The summed E-state index contributed by atoms with van der Waals surface area (Å²) in [6, 6.07) is 10.6. The van der Waals surface area contributed by atoms with Crippen molar-refractivity contribution < 1.29 is 0 Å². The smallest absolute Gasteiger partial charge is 0.0509 e. The molecule has 18 heavy (non-hydrogen) atoms. The van der Waals surface area contributed by atoms with Crippen LogP contribution < -0.4 is 4.90 Å². The van der Waals surface area contributed by atoms with Crippen LogP contribution >= 0.6 is 11.6 Å². The van der Waals surface area contributed by atoms with Crippen LogP contribution in [0, 0.1) is 6.92 Å². The number of aromatic nitrogens is 1. The molecule has 3 heteroatoms. The summed E-state index contributed by atoms with van der Waals surface area (Å²) in [7, 11) is 2.08. The minimum atomic E-state index is 0.487. The van der Waals surface area contributed by atoms with Crippen molar-refractivity contribution in [3.63, 3.8) is 0 Å². The molecule has 0 amide bonds. The van der Waals surface area contributed by atoms with Crippen molar-refractivity contribution in [1.82, 2.24) is 4.98 Å². The van der Waals surface area contributed by atoms with Gasteiger partial charge in [0.2, 0.25) is 0 Å². The third-order valence-electron chi connectivity index (χ3n) is 2.94. The van der Waals surface area contributed by atoms with Gasteiger partial charge in [-0.15, -0.1) is 11.6 Å². The summed E-state index contributed by atoms with van der Waals surface area (Å²) in [4.78, 5) is 6.31. The summed E-state index contributed by atoms with van der Waals surface area (Å²) >= 11 is 5.94. The van der Waals surface area contributed by atoms with Crippen molar-refractivity contribution in [2.24, 2.45) is 0 Å². The van der Waals surface area contributed by atoms with Gasteiger partial charge in [0, 0.05) is 37.2 Å². The molecule has 0 radical (unpaired) electrons. The van der Waals surface area contributed by atoms with E-state index in [0.717, 1.165) is 17.8 Å². The fraction of sp³-hybridized carbons (Fsp3) is 0.267. The zero-order valence-electron chi connectivity index (χ0n) is 10.7. The van der Waals surface area contributed by atoms with Crippen molar-refractivity contribution in [1.29, 1.82) is 0 Å². The van der Waals surface area contributed by atoms with E-state index in [1.54, 1.807) is 6.20 Å². The molecule has 1 aromatic carbocycles. The van der Waals surface area contributed by atoms with Crippen LogP contribution in [0.4, 0.5) is 5.69 Å². The van der Waals surface area contributed by atoms with Crippen molar-refractivity contribution in [2.75, 3.05) is 11.9 Å². The van der Waals surface area contributed by atoms with E-state index in [4.69, 9.17) is 11.6 Å². The highest BCUT2D eigenvalue weighted by Gasteiger charge is 2.07. The van der Waals surface area contributed by atoms with Gasteiger partial charge in [0.05, 0.1) is 5.88 Å². The molecule has 0 aliphatic rings. The van der Waals surface area contributed by atoms with Gasteiger partial charge in [0.25, 0.3) is 0 Å². The Bertz CT molecular complexity index is 525. The number of nitrogens with zero attached hydrogens (tertiary/aromatic N) is 2. The normalized spacial score (nSPS) is 10.4. The molecule has 94 valence electrons. The molecule has 0 aliphatic carbocycles. The van der Waals surface area contributed by atoms with Crippen LogP contribution in [0.25, 0.3) is 0 Å². The fourth-order valence-corrected chi connectivity index (χ4v) is 2.27. The highest BCUT2D eigenvalue weighted by molar-refractivity contribution is 6.17. The predicted molar refractivity (Wildman–Crippen MR) is 77.1 cm³/mol. The molecule has 0 aliphatic heterocycles. The Balaban J connectivity index is 2.19. The SMILES string of the molecule is Cc1cccc(CN(C)c2ccncc2CCl)c1. The molecule has 0 saturated heterocycles. The van der Waals surface area contributed by atoms with Gasteiger partial charge in [-0.3, -0.25) is 4.98 Å². The minimum Gasteiger partial charge on any atom is -0.370 e. The Hall–Kier alpha value is -1.54. The number of aryl methyl sites for hydroxylation is 1. The van der Waals surface area contributed by atoms with Crippen LogP contribution in [0.15, 0.2) is 42.7 Å². The standard InChI is InChI=1S/C15H17ClN2/c1-12-4-3-5-13(8-12)11-18(2)15-6-7-17-10-14(15)9-16/h3-8,10H,9,11H2,1-2H3. The number of rotatable bonds is 4. The lowest BCUT2D eigenvalue weighted by Crippen LogP contribution is -2.17. The maximum absolute atomic E-state index is 5.94. The van der Waals surface area contributed by atoms with E-state index in [2.05, 4.69) is 48.1 Å². The van der Waals surface area contributed by atoms with Gasteiger partial charge in [0.1, 0.15) is 0 Å². The first-order valence-electron chi connectivity index (χ1n) is 5.96.